The second-order valence-electron chi connectivity index (χ2n) is 3.93. The Morgan fingerprint density at radius 3 is 2.69 bits per heavy atom. The van der Waals surface area contributed by atoms with Gasteiger partial charge in [-0.25, -0.2) is 0 Å². The summed E-state index contributed by atoms with van der Waals surface area (Å²) >= 11 is 0. The zero-order chi connectivity index (χ0) is 9.90. The Labute approximate surface area is 78.6 Å². The maximum Gasteiger partial charge on any atom is 0.322 e. The van der Waals surface area contributed by atoms with Crippen LogP contribution in [0.4, 0.5) is 0 Å². The average molecular weight is 187 g/mol. The minimum Gasteiger partial charge on any atom is -0.468 e. The Morgan fingerprint density at radius 1 is 1.69 bits per heavy atom. The van der Waals surface area contributed by atoms with Crippen molar-refractivity contribution in [1.82, 2.24) is 5.32 Å². The maximum atomic E-state index is 11.0. The quantitative estimate of drug-likeness (QED) is 0.637. The molecule has 4 heteroatoms. The van der Waals surface area contributed by atoms with E-state index in [2.05, 4.69) is 17.0 Å². The minimum absolute atomic E-state index is 0.197. The van der Waals surface area contributed by atoms with Crippen molar-refractivity contribution in [3.05, 3.63) is 0 Å². The van der Waals surface area contributed by atoms with Gasteiger partial charge in [-0.2, -0.15) is 0 Å². The Kier molecular flexibility index (Phi) is 3.27. The van der Waals surface area contributed by atoms with Crippen LogP contribution in [0.25, 0.3) is 0 Å². The summed E-state index contributed by atoms with van der Waals surface area (Å²) in [7, 11) is 1.40. The summed E-state index contributed by atoms with van der Waals surface area (Å²) in [6.45, 7) is 6.27. The monoisotopic (exact) mass is 187 g/mol. The van der Waals surface area contributed by atoms with Crippen molar-refractivity contribution in [1.29, 1.82) is 0 Å². The second-order valence-corrected chi connectivity index (χ2v) is 3.93. The van der Waals surface area contributed by atoms with Gasteiger partial charge in [-0.05, 0) is 6.92 Å². The first kappa shape index (κ1) is 10.5. The van der Waals surface area contributed by atoms with Gasteiger partial charge in [0.25, 0.3) is 0 Å². The number of rotatable bonds is 4. The number of methoxy groups -OCH3 is 1. The molecule has 1 saturated heterocycles. The van der Waals surface area contributed by atoms with Crippen molar-refractivity contribution in [3.8, 4) is 0 Å². The van der Waals surface area contributed by atoms with Crippen LogP contribution in [-0.2, 0) is 14.3 Å². The predicted molar refractivity (Wildman–Crippen MR) is 48.4 cm³/mol. The standard InChI is InChI=1S/C9H17NO3/c1-7(8(11)12-3)10-4-9(2)5-13-6-9/h7,10H,4-6H2,1-3H3/t7-/m0/s1. The molecule has 0 spiro atoms. The van der Waals surface area contributed by atoms with Gasteiger partial charge in [-0.3, -0.25) is 4.79 Å². The first-order valence-electron chi connectivity index (χ1n) is 4.46. The number of esters is 1. The largest absolute Gasteiger partial charge is 0.468 e. The molecule has 1 aliphatic rings. The molecule has 4 nitrogen and oxygen atoms in total. The molecule has 1 heterocycles. The highest BCUT2D eigenvalue weighted by atomic mass is 16.5. The molecule has 0 amide bonds. The van der Waals surface area contributed by atoms with Crippen LogP contribution in [0.1, 0.15) is 13.8 Å². The lowest BCUT2D eigenvalue weighted by molar-refractivity contribution is -0.143. The van der Waals surface area contributed by atoms with Gasteiger partial charge in [0.15, 0.2) is 0 Å². The number of ether oxygens (including phenoxy) is 2. The molecule has 0 aromatic rings. The molecule has 76 valence electrons. The van der Waals surface area contributed by atoms with Crippen LogP contribution in [-0.4, -0.2) is 38.9 Å². The molecular weight excluding hydrogens is 170 g/mol. The summed E-state index contributed by atoms with van der Waals surface area (Å²) in [6.07, 6.45) is 0. The first-order valence-corrected chi connectivity index (χ1v) is 4.46. The third-order valence-electron chi connectivity index (χ3n) is 2.29. The lowest BCUT2D eigenvalue weighted by Gasteiger charge is -2.38. The second kappa shape index (κ2) is 4.07. The zero-order valence-corrected chi connectivity index (χ0v) is 8.42. The fourth-order valence-corrected chi connectivity index (χ4v) is 1.21. The highest BCUT2D eigenvalue weighted by molar-refractivity contribution is 5.75. The lowest BCUT2D eigenvalue weighted by atomic mass is 9.88. The third kappa shape index (κ3) is 2.67. The van der Waals surface area contributed by atoms with E-state index in [1.54, 1.807) is 6.92 Å². The van der Waals surface area contributed by atoms with Crippen LogP contribution in [0.2, 0.25) is 0 Å². The molecule has 1 rings (SSSR count). The minimum atomic E-state index is -0.234. The van der Waals surface area contributed by atoms with Gasteiger partial charge in [0.05, 0.1) is 20.3 Å². The van der Waals surface area contributed by atoms with E-state index in [4.69, 9.17) is 4.74 Å². The van der Waals surface area contributed by atoms with E-state index in [1.165, 1.54) is 7.11 Å². The van der Waals surface area contributed by atoms with E-state index in [1.807, 2.05) is 0 Å². The van der Waals surface area contributed by atoms with Gasteiger partial charge in [0, 0.05) is 12.0 Å². The van der Waals surface area contributed by atoms with E-state index in [-0.39, 0.29) is 17.4 Å². The van der Waals surface area contributed by atoms with Crippen LogP contribution in [0, 0.1) is 5.41 Å². The number of nitrogens with one attached hydrogen (secondary N) is 1. The summed E-state index contributed by atoms with van der Waals surface area (Å²) in [4.78, 5) is 11.0. The van der Waals surface area contributed by atoms with Crippen LogP contribution < -0.4 is 5.32 Å². The van der Waals surface area contributed by atoms with Crippen LogP contribution in [0.3, 0.4) is 0 Å². The number of carbonyl (C=O) groups excluding carboxylic acids is 1. The summed E-state index contributed by atoms with van der Waals surface area (Å²) in [6, 6.07) is -0.234. The van der Waals surface area contributed by atoms with Crippen molar-refractivity contribution in [2.24, 2.45) is 5.41 Å². The molecule has 0 radical (unpaired) electrons. The number of hydrogen-bond donors (Lipinski definition) is 1. The maximum absolute atomic E-state index is 11.0. The lowest BCUT2D eigenvalue weighted by Crippen LogP contribution is -2.50. The van der Waals surface area contributed by atoms with E-state index in [0.29, 0.717) is 0 Å². The molecule has 1 atom stereocenters. The van der Waals surface area contributed by atoms with E-state index < -0.39 is 0 Å². The molecule has 0 saturated carbocycles. The van der Waals surface area contributed by atoms with Crippen molar-refractivity contribution in [2.45, 2.75) is 19.9 Å². The zero-order valence-electron chi connectivity index (χ0n) is 8.42. The Balaban J connectivity index is 2.21. The van der Waals surface area contributed by atoms with Crippen molar-refractivity contribution < 1.29 is 14.3 Å². The topological polar surface area (TPSA) is 47.6 Å². The number of hydrogen-bond acceptors (Lipinski definition) is 4. The predicted octanol–water partition coefficient (Wildman–Crippen LogP) is 0.174. The third-order valence-corrected chi connectivity index (χ3v) is 2.29. The summed E-state index contributed by atoms with van der Waals surface area (Å²) in [5.74, 6) is -0.219. The fourth-order valence-electron chi connectivity index (χ4n) is 1.21. The van der Waals surface area contributed by atoms with Gasteiger partial charge < -0.3 is 14.8 Å². The van der Waals surface area contributed by atoms with E-state index >= 15 is 0 Å². The summed E-state index contributed by atoms with van der Waals surface area (Å²) in [5.41, 5.74) is 0.197. The van der Waals surface area contributed by atoms with Gasteiger partial charge in [-0.1, -0.05) is 6.92 Å². The van der Waals surface area contributed by atoms with Gasteiger partial charge in [-0.15, -0.1) is 0 Å². The van der Waals surface area contributed by atoms with Crippen molar-refractivity contribution in [2.75, 3.05) is 26.9 Å². The van der Waals surface area contributed by atoms with Crippen LogP contribution >= 0.6 is 0 Å². The van der Waals surface area contributed by atoms with Crippen molar-refractivity contribution in [3.63, 3.8) is 0 Å². The van der Waals surface area contributed by atoms with E-state index in [0.717, 1.165) is 19.8 Å². The number of carbonyl (C=O) groups is 1. The molecule has 13 heavy (non-hydrogen) atoms. The Hall–Kier alpha value is -0.610. The van der Waals surface area contributed by atoms with Gasteiger partial charge in [0.1, 0.15) is 6.04 Å². The smallest absolute Gasteiger partial charge is 0.322 e. The molecule has 0 bridgehead atoms. The highest BCUT2D eigenvalue weighted by Crippen LogP contribution is 2.25. The molecule has 0 aromatic heterocycles. The molecule has 0 unspecified atom stereocenters. The highest BCUT2D eigenvalue weighted by Gasteiger charge is 2.33. The van der Waals surface area contributed by atoms with Gasteiger partial charge >= 0.3 is 5.97 Å². The SMILES string of the molecule is COC(=O)[C@H](C)NCC1(C)COC1. The molecule has 0 aliphatic carbocycles. The summed E-state index contributed by atoms with van der Waals surface area (Å²) in [5, 5.41) is 3.12. The molecule has 1 aliphatic heterocycles. The fraction of sp³-hybridized carbons (Fsp3) is 0.889. The first-order chi connectivity index (χ1) is 6.07. The van der Waals surface area contributed by atoms with Crippen molar-refractivity contribution >= 4 is 5.97 Å². The van der Waals surface area contributed by atoms with Crippen LogP contribution in [0.15, 0.2) is 0 Å². The molecule has 0 aromatic carbocycles. The Morgan fingerprint density at radius 2 is 2.31 bits per heavy atom. The van der Waals surface area contributed by atoms with E-state index in [9.17, 15) is 4.79 Å². The van der Waals surface area contributed by atoms with Gasteiger partial charge in [0.2, 0.25) is 0 Å². The molecular formula is C9H17NO3. The summed E-state index contributed by atoms with van der Waals surface area (Å²) < 4.78 is 9.70. The van der Waals surface area contributed by atoms with Crippen LogP contribution in [0.5, 0.6) is 0 Å². The Bertz CT molecular complexity index is 189. The molecule has 1 N–H and O–H groups in total. The normalized spacial score (nSPS) is 21.8. The molecule has 1 fully saturated rings. The average Bonchev–Trinajstić information content (AvgIpc) is 2.09.